The van der Waals surface area contributed by atoms with Gasteiger partial charge in [0.05, 0.1) is 0 Å². The number of amides is 1. The number of rotatable bonds is 5. The first-order chi connectivity index (χ1) is 8.16. The van der Waals surface area contributed by atoms with Gasteiger partial charge in [-0.3, -0.25) is 4.79 Å². The predicted molar refractivity (Wildman–Crippen MR) is 68.6 cm³/mol. The monoisotopic (exact) mass is 252 g/mol. The van der Waals surface area contributed by atoms with Crippen molar-refractivity contribution in [3.8, 4) is 0 Å². The smallest absolute Gasteiger partial charge is 0.221 e. The first kappa shape index (κ1) is 12.4. The van der Waals surface area contributed by atoms with Gasteiger partial charge in [-0.2, -0.15) is 0 Å². The Balaban J connectivity index is 1.77. The summed E-state index contributed by atoms with van der Waals surface area (Å²) in [6.45, 7) is 0.468. The number of carbonyl (C=O) groups excluding carboxylic acids is 1. The Labute approximate surface area is 106 Å². The van der Waals surface area contributed by atoms with Gasteiger partial charge in [-0.25, -0.2) is 0 Å². The van der Waals surface area contributed by atoms with Gasteiger partial charge in [0.1, 0.15) is 0 Å². The SMILES string of the molecule is NC(CC(=O)NCc1ccccc1Cl)C1CC1. The van der Waals surface area contributed by atoms with Crippen LogP contribution in [0.3, 0.4) is 0 Å². The van der Waals surface area contributed by atoms with Crippen molar-refractivity contribution in [1.29, 1.82) is 0 Å². The quantitative estimate of drug-likeness (QED) is 0.843. The van der Waals surface area contributed by atoms with Gasteiger partial charge in [-0.05, 0) is 30.4 Å². The summed E-state index contributed by atoms with van der Waals surface area (Å²) in [4.78, 5) is 11.6. The molecule has 0 aliphatic heterocycles. The molecule has 0 bridgehead atoms. The molecule has 3 N–H and O–H groups in total. The maximum atomic E-state index is 11.6. The number of halogens is 1. The third-order valence-corrected chi connectivity index (χ3v) is 3.45. The van der Waals surface area contributed by atoms with E-state index in [-0.39, 0.29) is 11.9 Å². The fourth-order valence-electron chi connectivity index (χ4n) is 1.81. The second kappa shape index (κ2) is 5.52. The average molecular weight is 253 g/mol. The van der Waals surface area contributed by atoms with Gasteiger partial charge in [0.2, 0.25) is 5.91 Å². The second-order valence-corrected chi connectivity index (χ2v) is 4.98. The lowest BCUT2D eigenvalue weighted by atomic mass is 10.1. The average Bonchev–Trinajstić information content (AvgIpc) is 3.11. The van der Waals surface area contributed by atoms with Crippen molar-refractivity contribution in [2.45, 2.75) is 31.8 Å². The summed E-state index contributed by atoms with van der Waals surface area (Å²) < 4.78 is 0. The van der Waals surface area contributed by atoms with Crippen LogP contribution < -0.4 is 11.1 Å². The molecule has 0 spiro atoms. The van der Waals surface area contributed by atoms with Gasteiger partial charge in [0.25, 0.3) is 0 Å². The fourth-order valence-corrected chi connectivity index (χ4v) is 2.02. The zero-order valence-electron chi connectivity index (χ0n) is 9.66. The largest absolute Gasteiger partial charge is 0.352 e. The molecule has 0 saturated heterocycles. The molecular weight excluding hydrogens is 236 g/mol. The second-order valence-electron chi connectivity index (χ2n) is 4.57. The first-order valence-corrected chi connectivity index (χ1v) is 6.30. The summed E-state index contributed by atoms with van der Waals surface area (Å²) >= 11 is 6.00. The lowest BCUT2D eigenvalue weighted by Crippen LogP contribution is -2.32. The van der Waals surface area contributed by atoms with Crippen LogP contribution in [0.15, 0.2) is 24.3 Å². The van der Waals surface area contributed by atoms with E-state index in [0.717, 1.165) is 5.56 Å². The van der Waals surface area contributed by atoms with Gasteiger partial charge < -0.3 is 11.1 Å². The van der Waals surface area contributed by atoms with Crippen LogP contribution in [0.4, 0.5) is 0 Å². The van der Waals surface area contributed by atoms with Gasteiger partial charge in [-0.15, -0.1) is 0 Å². The van der Waals surface area contributed by atoms with Gasteiger partial charge in [0.15, 0.2) is 0 Å². The minimum Gasteiger partial charge on any atom is -0.352 e. The number of nitrogens with two attached hydrogens (primary N) is 1. The minimum atomic E-state index is 0.00400. The van der Waals surface area contributed by atoms with Crippen molar-refractivity contribution in [3.05, 3.63) is 34.9 Å². The van der Waals surface area contributed by atoms with Crippen LogP contribution in [-0.2, 0) is 11.3 Å². The fraction of sp³-hybridized carbons (Fsp3) is 0.462. The number of hydrogen-bond donors (Lipinski definition) is 2. The highest BCUT2D eigenvalue weighted by atomic mass is 35.5. The molecule has 1 unspecified atom stereocenters. The van der Waals surface area contributed by atoms with Crippen LogP contribution in [0.1, 0.15) is 24.8 Å². The van der Waals surface area contributed by atoms with E-state index in [2.05, 4.69) is 5.32 Å². The van der Waals surface area contributed by atoms with Crippen molar-refractivity contribution in [2.75, 3.05) is 0 Å². The number of hydrogen-bond acceptors (Lipinski definition) is 2. The van der Waals surface area contributed by atoms with Crippen molar-refractivity contribution >= 4 is 17.5 Å². The number of benzene rings is 1. The molecule has 92 valence electrons. The lowest BCUT2D eigenvalue weighted by molar-refractivity contribution is -0.121. The van der Waals surface area contributed by atoms with Crippen LogP contribution in [-0.4, -0.2) is 11.9 Å². The summed E-state index contributed by atoms with van der Waals surface area (Å²) in [6.07, 6.45) is 2.74. The summed E-state index contributed by atoms with van der Waals surface area (Å²) in [5.41, 5.74) is 6.82. The van der Waals surface area contributed by atoms with E-state index in [9.17, 15) is 4.79 Å². The Bertz CT molecular complexity index is 404. The molecular formula is C13H17ClN2O. The number of carbonyl (C=O) groups is 1. The van der Waals surface area contributed by atoms with E-state index in [1.54, 1.807) is 0 Å². The Hall–Kier alpha value is -1.06. The summed E-state index contributed by atoms with van der Waals surface area (Å²) in [6, 6.07) is 7.52. The zero-order chi connectivity index (χ0) is 12.3. The van der Waals surface area contributed by atoms with Gasteiger partial charge in [-0.1, -0.05) is 29.8 Å². The Morgan fingerprint density at radius 1 is 1.47 bits per heavy atom. The van der Waals surface area contributed by atoms with Gasteiger partial charge >= 0.3 is 0 Å². The van der Waals surface area contributed by atoms with E-state index in [0.29, 0.717) is 23.9 Å². The molecule has 3 nitrogen and oxygen atoms in total. The minimum absolute atomic E-state index is 0.00400. The standard InChI is InChI=1S/C13H17ClN2O/c14-11-4-2-1-3-10(11)8-16-13(17)7-12(15)9-5-6-9/h1-4,9,12H,5-8,15H2,(H,16,17). The highest BCUT2D eigenvalue weighted by Gasteiger charge is 2.29. The maximum Gasteiger partial charge on any atom is 0.221 e. The summed E-state index contributed by atoms with van der Waals surface area (Å²) in [5.74, 6) is 0.561. The van der Waals surface area contributed by atoms with Crippen molar-refractivity contribution in [1.82, 2.24) is 5.32 Å². The molecule has 1 saturated carbocycles. The molecule has 4 heteroatoms. The molecule has 1 aliphatic rings. The highest BCUT2D eigenvalue weighted by Crippen LogP contribution is 2.32. The summed E-state index contributed by atoms with van der Waals surface area (Å²) in [7, 11) is 0. The molecule has 1 aliphatic carbocycles. The van der Waals surface area contributed by atoms with Crippen LogP contribution in [0, 0.1) is 5.92 Å². The molecule has 2 rings (SSSR count). The van der Waals surface area contributed by atoms with Crippen LogP contribution in [0.5, 0.6) is 0 Å². The Morgan fingerprint density at radius 2 is 2.18 bits per heavy atom. The molecule has 1 fully saturated rings. The lowest BCUT2D eigenvalue weighted by Gasteiger charge is -2.11. The van der Waals surface area contributed by atoms with E-state index >= 15 is 0 Å². The van der Waals surface area contributed by atoms with Crippen molar-refractivity contribution in [3.63, 3.8) is 0 Å². The molecule has 1 aromatic carbocycles. The molecule has 1 amide bonds. The Morgan fingerprint density at radius 3 is 2.82 bits per heavy atom. The molecule has 1 aromatic rings. The van der Waals surface area contributed by atoms with Gasteiger partial charge in [0, 0.05) is 24.0 Å². The third kappa shape index (κ3) is 3.72. The molecule has 17 heavy (non-hydrogen) atoms. The molecule has 0 aromatic heterocycles. The van der Waals surface area contributed by atoms with Crippen molar-refractivity contribution < 1.29 is 4.79 Å². The van der Waals surface area contributed by atoms with Crippen molar-refractivity contribution in [2.24, 2.45) is 11.7 Å². The van der Waals surface area contributed by atoms with E-state index in [1.807, 2.05) is 24.3 Å². The molecule has 0 heterocycles. The van der Waals surface area contributed by atoms with E-state index in [1.165, 1.54) is 12.8 Å². The third-order valence-electron chi connectivity index (χ3n) is 3.08. The number of nitrogens with one attached hydrogen (secondary N) is 1. The van der Waals surface area contributed by atoms with E-state index < -0.39 is 0 Å². The van der Waals surface area contributed by atoms with Crippen LogP contribution in [0.25, 0.3) is 0 Å². The maximum absolute atomic E-state index is 11.6. The van der Waals surface area contributed by atoms with Crippen LogP contribution in [0.2, 0.25) is 5.02 Å². The molecule has 0 radical (unpaired) electrons. The van der Waals surface area contributed by atoms with Crippen LogP contribution >= 0.6 is 11.6 Å². The summed E-state index contributed by atoms with van der Waals surface area (Å²) in [5, 5.41) is 3.53. The zero-order valence-corrected chi connectivity index (χ0v) is 10.4. The topological polar surface area (TPSA) is 55.1 Å². The Kier molecular flexibility index (Phi) is 4.02. The molecule has 1 atom stereocenters. The predicted octanol–water partition coefficient (Wildman–Crippen LogP) is 2.08. The van der Waals surface area contributed by atoms with E-state index in [4.69, 9.17) is 17.3 Å². The first-order valence-electron chi connectivity index (χ1n) is 5.92. The normalized spacial score (nSPS) is 16.6. The highest BCUT2D eigenvalue weighted by molar-refractivity contribution is 6.31.